The molecule has 0 bridgehead atoms. The largest absolute Gasteiger partial charge is 0.336 e. The minimum Gasteiger partial charge on any atom is -0.336 e. The Morgan fingerprint density at radius 1 is 1.11 bits per heavy atom. The molecule has 0 unspecified atom stereocenters. The molecule has 6 rings (SSSR count). The van der Waals surface area contributed by atoms with E-state index >= 15 is 0 Å². The summed E-state index contributed by atoms with van der Waals surface area (Å²) in [5.41, 5.74) is 3.81. The Labute approximate surface area is 160 Å². The number of H-pyrrole nitrogens is 1. The molecule has 1 aromatic carbocycles. The first-order chi connectivity index (χ1) is 13.8. The number of hydrogen-bond donors (Lipinski definition) is 2. The van der Waals surface area contributed by atoms with Gasteiger partial charge in [-0.25, -0.2) is 9.67 Å². The molecule has 1 aliphatic heterocycles. The van der Waals surface area contributed by atoms with Gasteiger partial charge in [0, 0.05) is 48.5 Å². The molecule has 4 heterocycles. The van der Waals surface area contributed by atoms with Gasteiger partial charge in [-0.15, -0.1) is 10.2 Å². The fourth-order valence-electron chi connectivity index (χ4n) is 4.00. The number of aromatic nitrogens is 7. The quantitative estimate of drug-likeness (QED) is 0.562. The molecule has 0 amide bonds. The zero-order valence-electron chi connectivity index (χ0n) is 15.2. The SMILES string of the molecule is c1cnn(-c2ccc(-c3cnc(N4CCNC5(CC5)C4)nn3)c3cn[nH]c23)c1. The van der Waals surface area contributed by atoms with Crippen molar-refractivity contribution in [2.75, 3.05) is 24.5 Å². The lowest BCUT2D eigenvalue weighted by Crippen LogP contribution is -2.53. The molecular weight excluding hydrogens is 354 g/mol. The summed E-state index contributed by atoms with van der Waals surface area (Å²) in [6.07, 6.45) is 9.74. The lowest BCUT2D eigenvalue weighted by atomic mass is 10.1. The minimum absolute atomic E-state index is 0.283. The molecule has 0 atom stereocenters. The van der Waals surface area contributed by atoms with Gasteiger partial charge < -0.3 is 10.2 Å². The van der Waals surface area contributed by atoms with Crippen LogP contribution in [0.5, 0.6) is 0 Å². The Bertz CT molecular complexity index is 1130. The number of benzene rings is 1. The maximum Gasteiger partial charge on any atom is 0.245 e. The molecule has 2 fully saturated rings. The summed E-state index contributed by atoms with van der Waals surface area (Å²) in [7, 11) is 0. The van der Waals surface area contributed by atoms with E-state index < -0.39 is 0 Å². The first-order valence-corrected chi connectivity index (χ1v) is 9.48. The van der Waals surface area contributed by atoms with Crippen LogP contribution in [0.4, 0.5) is 5.95 Å². The predicted molar refractivity (Wildman–Crippen MR) is 104 cm³/mol. The van der Waals surface area contributed by atoms with Gasteiger partial charge in [-0.3, -0.25) is 5.10 Å². The molecular formula is C19H19N9. The molecule has 3 aromatic heterocycles. The Morgan fingerprint density at radius 3 is 2.86 bits per heavy atom. The molecule has 1 saturated carbocycles. The van der Waals surface area contributed by atoms with Gasteiger partial charge in [-0.1, -0.05) is 0 Å². The van der Waals surface area contributed by atoms with Crippen molar-refractivity contribution in [1.29, 1.82) is 0 Å². The minimum atomic E-state index is 0.283. The summed E-state index contributed by atoms with van der Waals surface area (Å²) in [5.74, 6) is 0.702. The van der Waals surface area contributed by atoms with E-state index in [1.165, 1.54) is 12.8 Å². The van der Waals surface area contributed by atoms with Crippen molar-refractivity contribution < 1.29 is 0 Å². The van der Waals surface area contributed by atoms with Gasteiger partial charge in [0.1, 0.15) is 5.69 Å². The highest BCUT2D eigenvalue weighted by molar-refractivity contribution is 5.97. The maximum absolute atomic E-state index is 4.61. The fraction of sp³-hybridized carbons (Fsp3) is 0.316. The molecule has 9 nitrogen and oxygen atoms in total. The fourth-order valence-corrected chi connectivity index (χ4v) is 4.00. The maximum atomic E-state index is 4.61. The molecule has 1 saturated heterocycles. The van der Waals surface area contributed by atoms with E-state index in [0.29, 0.717) is 5.95 Å². The normalized spacial score (nSPS) is 18.1. The van der Waals surface area contributed by atoms with Crippen molar-refractivity contribution in [1.82, 2.24) is 40.5 Å². The number of nitrogens with one attached hydrogen (secondary N) is 2. The van der Waals surface area contributed by atoms with E-state index in [-0.39, 0.29) is 5.54 Å². The summed E-state index contributed by atoms with van der Waals surface area (Å²) >= 11 is 0. The van der Waals surface area contributed by atoms with Crippen molar-refractivity contribution >= 4 is 16.9 Å². The van der Waals surface area contributed by atoms with E-state index in [1.54, 1.807) is 18.6 Å². The van der Waals surface area contributed by atoms with Crippen molar-refractivity contribution in [2.45, 2.75) is 18.4 Å². The highest BCUT2D eigenvalue weighted by Crippen LogP contribution is 2.38. The van der Waals surface area contributed by atoms with E-state index in [2.05, 4.69) is 40.7 Å². The van der Waals surface area contributed by atoms with Gasteiger partial charge in [0.05, 0.1) is 23.6 Å². The number of piperazine rings is 1. The van der Waals surface area contributed by atoms with Gasteiger partial charge in [0.15, 0.2) is 0 Å². The van der Waals surface area contributed by atoms with Crippen LogP contribution in [0.2, 0.25) is 0 Å². The number of hydrogen-bond acceptors (Lipinski definition) is 7. The van der Waals surface area contributed by atoms with Crippen LogP contribution in [0.3, 0.4) is 0 Å². The lowest BCUT2D eigenvalue weighted by molar-refractivity contribution is 0.437. The third-order valence-electron chi connectivity index (χ3n) is 5.68. The Balaban J connectivity index is 1.35. The van der Waals surface area contributed by atoms with Gasteiger partial charge in [0.2, 0.25) is 5.95 Å². The third-order valence-corrected chi connectivity index (χ3v) is 5.68. The van der Waals surface area contributed by atoms with Crippen LogP contribution in [-0.2, 0) is 0 Å². The number of nitrogens with zero attached hydrogens (tertiary/aromatic N) is 7. The monoisotopic (exact) mass is 373 g/mol. The molecule has 4 aromatic rings. The molecule has 1 aliphatic carbocycles. The summed E-state index contributed by atoms with van der Waals surface area (Å²) < 4.78 is 1.81. The van der Waals surface area contributed by atoms with Crippen LogP contribution in [0.25, 0.3) is 27.8 Å². The zero-order valence-corrected chi connectivity index (χ0v) is 15.2. The van der Waals surface area contributed by atoms with Gasteiger partial charge in [0.25, 0.3) is 0 Å². The number of rotatable bonds is 3. The van der Waals surface area contributed by atoms with E-state index in [1.807, 2.05) is 29.1 Å². The van der Waals surface area contributed by atoms with Gasteiger partial charge in [-0.05, 0) is 31.0 Å². The van der Waals surface area contributed by atoms with Crippen LogP contribution >= 0.6 is 0 Å². The smallest absolute Gasteiger partial charge is 0.245 e. The predicted octanol–water partition coefficient (Wildman–Crippen LogP) is 1.54. The first kappa shape index (κ1) is 15.7. The van der Waals surface area contributed by atoms with Crippen molar-refractivity contribution in [2.24, 2.45) is 0 Å². The molecule has 2 N–H and O–H groups in total. The molecule has 2 aliphatic rings. The second-order valence-electron chi connectivity index (χ2n) is 7.51. The van der Waals surface area contributed by atoms with Crippen LogP contribution in [0.1, 0.15) is 12.8 Å². The summed E-state index contributed by atoms with van der Waals surface area (Å²) in [6.45, 7) is 2.83. The van der Waals surface area contributed by atoms with Crippen molar-refractivity contribution in [3.8, 4) is 16.9 Å². The Kier molecular flexibility index (Phi) is 3.27. The molecule has 28 heavy (non-hydrogen) atoms. The first-order valence-electron chi connectivity index (χ1n) is 9.48. The van der Waals surface area contributed by atoms with Crippen LogP contribution in [0, 0.1) is 0 Å². The summed E-state index contributed by atoms with van der Waals surface area (Å²) in [4.78, 5) is 6.84. The second kappa shape index (κ2) is 5.83. The van der Waals surface area contributed by atoms with Gasteiger partial charge in [-0.2, -0.15) is 10.2 Å². The standard InChI is InChI=1S/C19H19N9/c1-6-23-28(8-1)16-3-2-13(14-10-22-25-17(14)16)15-11-20-18(26-24-15)27-9-7-21-19(12-27)4-5-19/h1-3,6,8,10-11,21H,4-5,7,9,12H2,(H,22,25). The molecule has 1 spiro atoms. The van der Waals surface area contributed by atoms with Crippen LogP contribution in [-0.4, -0.2) is 60.3 Å². The molecule has 0 radical (unpaired) electrons. The second-order valence-corrected chi connectivity index (χ2v) is 7.51. The number of aromatic amines is 1. The third kappa shape index (κ3) is 2.47. The summed E-state index contributed by atoms with van der Waals surface area (Å²) in [6, 6.07) is 5.92. The van der Waals surface area contributed by atoms with Crippen molar-refractivity contribution in [3.05, 3.63) is 43.0 Å². The topological polar surface area (TPSA) is 100 Å². The highest BCUT2D eigenvalue weighted by Gasteiger charge is 2.46. The van der Waals surface area contributed by atoms with Gasteiger partial charge >= 0.3 is 0 Å². The van der Waals surface area contributed by atoms with Crippen LogP contribution in [0.15, 0.2) is 43.0 Å². The summed E-state index contributed by atoms with van der Waals surface area (Å²) in [5, 5.41) is 25.1. The van der Waals surface area contributed by atoms with E-state index in [9.17, 15) is 0 Å². The Hall–Kier alpha value is -3.33. The molecule has 9 heteroatoms. The average Bonchev–Trinajstić information content (AvgIpc) is 3.17. The highest BCUT2D eigenvalue weighted by atomic mass is 15.4. The van der Waals surface area contributed by atoms with Crippen molar-refractivity contribution in [3.63, 3.8) is 0 Å². The number of fused-ring (bicyclic) bond motifs is 1. The van der Waals surface area contributed by atoms with Crippen LogP contribution < -0.4 is 10.2 Å². The average molecular weight is 373 g/mol. The zero-order chi connectivity index (χ0) is 18.6. The molecule has 140 valence electrons. The van der Waals surface area contributed by atoms with E-state index in [0.717, 1.165) is 47.5 Å². The lowest BCUT2D eigenvalue weighted by Gasteiger charge is -2.33. The Morgan fingerprint density at radius 2 is 2.07 bits per heavy atom. The number of anilines is 1. The van der Waals surface area contributed by atoms with E-state index in [4.69, 9.17) is 0 Å².